The summed E-state index contributed by atoms with van der Waals surface area (Å²) in [5, 5.41) is 9.71. The Labute approximate surface area is 119 Å². The number of sulfone groups is 1. The van der Waals surface area contributed by atoms with E-state index in [4.69, 9.17) is 0 Å². The summed E-state index contributed by atoms with van der Waals surface area (Å²) in [4.78, 5) is 12.0. The molecular formula is C15H20O4S. The van der Waals surface area contributed by atoms with Crippen LogP contribution in [-0.2, 0) is 20.0 Å². The molecule has 0 unspecified atom stereocenters. The predicted molar refractivity (Wildman–Crippen MR) is 76.7 cm³/mol. The third-order valence-electron chi connectivity index (χ3n) is 4.17. The zero-order valence-corrected chi connectivity index (χ0v) is 12.7. The molecule has 1 aromatic rings. The van der Waals surface area contributed by atoms with Crippen molar-refractivity contribution in [1.82, 2.24) is 0 Å². The first-order valence-electron chi connectivity index (χ1n) is 6.82. The largest absolute Gasteiger partial charge is 0.481 e. The van der Waals surface area contributed by atoms with Crippen LogP contribution in [0.5, 0.6) is 0 Å². The molecule has 1 aromatic carbocycles. The van der Waals surface area contributed by atoms with Crippen molar-refractivity contribution in [2.75, 3.05) is 6.26 Å². The normalized spacial score (nSPS) is 18.7. The van der Waals surface area contributed by atoms with E-state index in [9.17, 15) is 18.3 Å². The van der Waals surface area contributed by atoms with E-state index >= 15 is 0 Å². The minimum absolute atomic E-state index is 0.168. The lowest BCUT2D eigenvalue weighted by atomic mass is 9.69. The first-order valence-corrected chi connectivity index (χ1v) is 8.71. The van der Waals surface area contributed by atoms with Gasteiger partial charge < -0.3 is 5.11 Å². The molecule has 110 valence electrons. The van der Waals surface area contributed by atoms with Crippen molar-refractivity contribution in [3.05, 3.63) is 29.3 Å². The summed E-state index contributed by atoms with van der Waals surface area (Å²) in [5.74, 6) is -0.911. The Morgan fingerprint density at radius 2 is 1.80 bits per heavy atom. The smallest absolute Gasteiger partial charge is 0.314 e. The van der Waals surface area contributed by atoms with E-state index in [0.717, 1.165) is 31.1 Å². The first kappa shape index (κ1) is 15.0. The van der Waals surface area contributed by atoms with Crippen LogP contribution in [0.3, 0.4) is 0 Å². The minimum Gasteiger partial charge on any atom is -0.481 e. The molecule has 0 saturated heterocycles. The monoisotopic (exact) mass is 296 g/mol. The van der Waals surface area contributed by atoms with Gasteiger partial charge in [-0.05, 0) is 37.0 Å². The van der Waals surface area contributed by atoms with Crippen LogP contribution in [0.2, 0.25) is 0 Å². The van der Waals surface area contributed by atoms with Gasteiger partial charge in [-0.2, -0.15) is 0 Å². The van der Waals surface area contributed by atoms with Crippen molar-refractivity contribution >= 4 is 15.8 Å². The molecule has 0 aliphatic heterocycles. The average molecular weight is 296 g/mol. The van der Waals surface area contributed by atoms with Gasteiger partial charge >= 0.3 is 5.97 Å². The van der Waals surface area contributed by atoms with Crippen molar-refractivity contribution in [3.8, 4) is 0 Å². The topological polar surface area (TPSA) is 71.4 Å². The van der Waals surface area contributed by atoms with Gasteiger partial charge in [-0.3, -0.25) is 4.79 Å². The van der Waals surface area contributed by atoms with Crippen molar-refractivity contribution in [2.24, 2.45) is 0 Å². The Balaban J connectivity index is 2.69. The van der Waals surface area contributed by atoms with Gasteiger partial charge in [0.2, 0.25) is 0 Å². The summed E-state index contributed by atoms with van der Waals surface area (Å²) in [6.07, 6.45) is 4.81. The highest BCUT2D eigenvalue weighted by molar-refractivity contribution is 7.90. The van der Waals surface area contributed by atoms with Gasteiger partial charge in [-0.25, -0.2) is 8.42 Å². The molecule has 4 nitrogen and oxygen atoms in total. The van der Waals surface area contributed by atoms with Crippen LogP contribution in [0.1, 0.15) is 43.2 Å². The Morgan fingerprint density at radius 1 is 1.20 bits per heavy atom. The standard InChI is InChI=1S/C15H20O4S/c1-11-6-7-12(13(10-11)20(2,18)19)15(14(16)17)8-4-3-5-9-15/h6-7,10H,3-5,8-9H2,1-2H3,(H,16,17). The molecule has 20 heavy (non-hydrogen) atoms. The second kappa shape index (κ2) is 5.20. The maximum Gasteiger partial charge on any atom is 0.314 e. The highest BCUT2D eigenvalue weighted by Crippen LogP contribution is 2.42. The fraction of sp³-hybridized carbons (Fsp3) is 0.533. The third kappa shape index (κ3) is 2.59. The molecule has 0 atom stereocenters. The second-order valence-corrected chi connectivity index (χ2v) is 7.70. The minimum atomic E-state index is -3.44. The van der Waals surface area contributed by atoms with Gasteiger partial charge in [-0.1, -0.05) is 31.4 Å². The van der Waals surface area contributed by atoms with Crippen LogP contribution in [0.15, 0.2) is 23.1 Å². The van der Waals surface area contributed by atoms with Gasteiger partial charge in [0.15, 0.2) is 9.84 Å². The van der Waals surface area contributed by atoms with Crippen molar-refractivity contribution in [2.45, 2.75) is 49.3 Å². The zero-order valence-electron chi connectivity index (χ0n) is 11.8. The van der Waals surface area contributed by atoms with E-state index in [0.29, 0.717) is 18.4 Å². The molecule has 1 aliphatic rings. The van der Waals surface area contributed by atoms with Crippen LogP contribution in [0.25, 0.3) is 0 Å². The first-order chi connectivity index (χ1) is 9.27. The van der Waals surface area contributed by atoms with E-state index in [1.54, 1.807) is 18.2 Å². The summed E-state index contributed by atoms with van der Waals surface area (Å²) in [6, 6.07) is 5.07. The molecule has 0 aromatic heterocycles. The molecule has 0 amide bonds. The number of carboxylic acid groups (broad SMARTS) is 1. The molecule has 0 bridgehead atoms. The Kier molecular flexibility index (Phi) is 3.91. The summed E-state index contributed by atoms with van der Waals surface area (Å²) in [7, 11) is -3.44. The Hall–Kier alpha value is -1.36. The molecule has 1 saturated carbocycles. The van der Waals surface area contributed by atoms with Gasteiger partial charge in [0.1, 0.15) is 0 Å². The maximum atomic E-state index is 12.0. The second-order valence-electron chi connectivity index (χ2n) is 5.72. The van der Waals surface area contributed by atoms with Crippen LogP contribution >= 0.6 is 0 Å². The summed E-state index contributed by atoms with van der Waals surface area (Å²) >= 11 is 0. The summed E-state index contributed by atoms with van der Waals surface area (Å²) in [5.41, 5.74) is 0.230. The van der Waals surface area contributed by atoms with Gasteiger partial charge in [0.05, 0.1) is 10.3 Å². The van der Waals surface area contributed by atoms with Gasteiger partial charge in [0, 0.05) is 6.26 Å². The Bertz CT molecular complexity index is 625. The molecular weight excluding hydrogens is 276 g/mol. The molecule has 0 heterocycles. The van der Waals surface area contributed by atoms with Crippen LogP contribution in [0, 0.1) is 6.92 Å². The molecule has 1 fully saturated rings. The van der Waals surface area contributed by atoms with E-state index < -0.39 is 21.2 Å². The van der Waals surface area contributed by atoms with E-state index in [1.165, 1.54) is 0 Å². The highest BCUT2D eigenvalue weighted by Gasteiger charge is 2.43. The lowest BCUT2D eigenvalue weighted by molar-refractivity contribution is -0.145. The fourth-order valence-corrected chi connectivity index (χ4v) is 4.15. The number of aliphatic carboxylic acids is 1. The quantitative estimate of drug-likeness (QED) is 0.931. The van der Waals surface area contributed by atoms with Gasteiger partial charge in [0.25, 0.3) is 0 Å². The number of benzene rings is 1. The number of rotatable bonds is 3. The zero-order chi connectivity index (χ0) is 15.0. The molecule has 0 radical (unpaired) electrons. The van der Waals surface area contributed by atoms with Gasteiger partial charge in [-0.15, -0.1) is 0 Å². The number of carbonyl (C=O) groups is 1. The molecule has 1 N–H and O–H groups in total. The number of carboxylic acids is 1. The lowest BCUT2D eigenvalue weighted by Crippen LogP contribution is -2.39. The predicted octanol–water partition coefficient (Wildman–Crippen LogP) is 2.69. The van der Waals surface area contributed by atoms with Crippen molar-refractivity contribution in [1.29, 1.82) is 0 Å². The molecule has 2 rings (SSSR count). The van der Waals surface area contributed by atoms with Crippen LogP contribution in [-0.4, -0.2) is 25.7 Å². The van der Waals surface area contributed by atoms with Crippen molar-refractivity contribution < 1.29 is 18.3 Å². The molecule has 0 spiro atoms. The fourth-order valence-electron chi connectivity index (χ4n) is 3.09. The Morgan fingerprint density at radius 3 is 2.30 bits per heavy atom. The number of hydrogen-bond donors (Lipinski definition) is 1. The molecule has 1 aliphatic carbocycles. The average Bonchev–Trinajstić information content (AvgIpc) is 2.38. The summed E-state index contributed by atoms with van der Waals surface area (Å²) < 4.78 is 24.0. The van der Waals surface area contributed by atoms with E-state index in [1.807, 2.05) is 6.92 Å². The maximum absolute atomic E-state index is 12.0. The highest BCUT2D eigenvalue weighted by atomic mass is 32.2. The van der Waals surface area contributed by atoms with Crippen molar-refractivity contribution in [3.63, 3.8) is 0 Å². The number of aryl methyl sites for hydroxylation is 1. The van der Waals surface area contributed by atoms with E-state index in [-0.39, 0.29) is 4.90 Å². The summed E-state index contributed by atoms with van der Waals surface area (Å²) in [6.45, 7) is 1.81. The lowest BCUT2D eigenvalue weighted by Gasteiger charge is -2.34. The third-order valence-corrected chi connectivity index (χ3v) is 5.31. The SMILES string of the molecule is Cc1ccc(C2(C(=O)O)CCCCC2)c(S(C)(=O)=O)c1. The van der Waals surface area contributed by atoms with E-state index in [2.05, 4.69) is 0 Å². The van der Waals surface area contributed by atoms with Crippen LogP contribution < -0.4 is 0 Å². The van der Waals surface area contributed by atoms with Crippen LogP contribution in [0.4, 0.5) is 0 Å². The molecule has 5 heteroatoms. The number of hydrogen-bond acceptors (Lipinski definition) is 3.